The summed E-state index contributed by atoms with van der Waals surface area (Å²) in [4.78, 5) is 11.4. The SMILES string of the molecule is COC(=O)CC(NCc1ccc(Cl)cc1)C(C)(C)C. The van der Waals surface area contributed by atoms with Gasteiger partial charge in [0.15, 0.2) is 0 Å². The third-order valence-corrected chi connectivity index (χ3v) is 3.36. The van der Waals surface area contributed by atoms with Gasteiger partial charge in [0.05, 0.1) is 13.5 Å². The first-order valence-electron chi connectivity index (χ1n) is 6.37. The molecule has 0 aliphatic carbocycles. The fourth-order valence-corrected chi connectivity index (χ4v) is 1.90. The molecule has 0 saturated heterocycles. The van der Waals surface area contributed by atoms with Crippen molar-refractivity contribution >= 4 is 17.6 Å². The van der Waals surface area contributed by atoms with Gasteiger partial charge in [-0.1, -0.05) is 44.5 Å². The number of methoxy groups -OCH3 is 1. The largest absolute Gasteiger partial charge is 0.469 e. The number of hydrogen-bond donors (Lipinski definition) is 1. The van der Waals surface area contributed by atoms with Crippen molar-refractivity contribution in [1.82, 2.24) is 5.32 Å². The summed E-state index contributed by atoms with van der Waals surface area (Å²) in [6.45, 7) is 7.02. The van der Waals surface area contributed by atoms with Crippen LogP contribution in [0.25, 0.3) is 0 Å². The van der Waals surface area contributed by atoms with Crippen LogP contribution >= 0.6 is 11.6 Å². The van der Waals surface area contributed by atoms with E-state index in [0.29, 0.717) is 13.0 Å². The summed E-state index contributed by atoms with van der Waals surface area (Å²) >= 11 is 5.85. The van der Waals surface area contributed by atoms with Gasteiger partial charge in [-0.25, -0.2) is 0 Å². The number of ether oxygens (including phenoxy) is 1. The second kappa shape index (κ2) is 6.92. The molecular weight excluding hydrogens is 262 g/mol. The van der Waals surface area contributed by atoms with Crippen LogP contribution in [0.1, 0.15) is 32.8 Å². The van der Waals surface area contributed by atoms with E-state index in [0.717, 1.165) is 10.6 Å². The second-order valence-corrected chi connectivity index (χ2v) is 6.14. The van der Waals surface area contributed by atoms with E-state index < -0.39 is 0 Å². The highest BCUT2D eigenvalue weighted by Crippen LogP contribution is 2.22. The molecule has 19 heavy (non-hydrogen) atoms. The maximum absolute atomic E-state index is 11.4. The number of hydrogen-bond acceptors (Lipinski definition) is 3. The van der Waals surface area contributed by atoms with Crippen LogP contribution in [0.3, 0.4) is 0 Å². The summed E-state index contributed by atoms with van der Waals surface area (Å²) in [6, 6.07) is 7.76. The van der Waals surface area contributed by atoms with Gasteiger partial charge in [-0.05, 0) is 23.1 Å². The minimum absolute atomic E-state index is 0.0133. The van der Waals surface area contributed by atoms with Crippen LogP contribution in [0.5, 0.6) is 0 Å². The summed E-state index contributed by atoms with van der Waals surface area (Å²) in [6.07, 6.45) is 0.369. The van der Waals surface area contributed by atoms with E-state index in [1.165, 1.54) is 7.11 Å². The van der Waals surface area contributed by atoms with Crippen LogP contribution in [0.15, 0.2) is 24.3 Å². The van der Waals surface area contributed by atoms with Crippen LogP contribution in [0.4, 0.5) is 0 Å². The van der Waals surface area contributed by atoms with E-state index in [1.807, 2.05) is 24.3 Å². The van der Waals surface area contributed by atoms with Crippen molar-refractivity contribution in [3.8, 4) is 0 Å². The van der Waals surface area contributed by atoms with Crippen molar-refractivity contribution in [3.63, 3.8) is 0 Å². The highest BCUT2D eigenvalue weighted by Gasteiger charge is 2.26. The molecule has 0 amide bonds. The van der Waals surface area contributed by atoms with Crippen molar-refractivity contribution in [1.29, 1.82) is 0 Å². The van der Waals surface area contributed by atoms with Crippen LogP contribution in [-0.4, -0.2) is 19.1 Å². The summed E-state index contributed by atoms with van der Waals surface area (Å²) in [5, 5.41) is 4.14. The average Bonchev–Trinajstić information content (AvgIpc) is 2.34. The Morgan fingerprint density at radius 3 is 2.37 bits per heavy atom. The molecule has 1 N–H and O–H groups in total. The first kappa shape index (κ1) is 16.0. The fourth-order valence-electron chi connectivity index (χ4n) is 1.78. The lowest BCUT2D eigenvalue weighted by Crippen LogP contribution is -2.41. The van der Waals surface area contributed by atoms with E-state index in [1.54, 1.807) is 0 Å². The van der Waals surface area contributed by atoms with Crippen LogP contribution in [0, 0.1) is 5.41 Å². The Balaban J connectivity index is 2.62. The zero-order valence-electron chi connectivity index (χ0n) is 12.0. The number of benzene rings is 1. The summed E-state index contributed by atoms with van der Waals surface area (Å²) in [5.41, 5.74) is 1.13. The van der Waals surface area contributed by atoms with E-state index in [2.05, 4.69) is 26.1 Å². The van der Waals surface area contributed by atoms with E-state index in [-0.39, 0.29) is 17.4 Å². The van der Waals surface area contributed by atoms with Crippen LogP contribution < -0.4 is 5.32 Å². The molecule has 0 heterocycles. The van der Waals surface area contributed by atoms with Gasteiger partial charge in [0, 0.05) is 17.6 Å². The third kappa shape index (κ3) is 5.62. The molecular formula is C15H22ClNO2. The summed E-state index contributed by atoms with van der Waals surface area (Å²) < 4.78 is 4.75. The van der Waals surface area contributed by atoms with E-state index in [9.17, 15) is 4.79 Å². The van der Waals surface area contributed by atoms with Gasteiger partial charge in [0.25, 0.3) is 0 Å². The summed E-state index contributed by atoms with van der Waals surface area (Å²) in [5.74, 6) is -0.191. The minimum Gasteiger partial charge on any atom is -0.469 e. The fraction of sp³-hybridized carbons (Fsp3) is 0.533. The Morgan fingerprint density at radius 2 is 1.89 bits per heavy atom. The Kier molecular flexibility index (Phi) is 5.83. The number of halogens is 1. The number of carbonyl (C=O) groups excluding carboxylic acids is 1. The zero-order valence-corrected chi connectivity index (χ0v) is 12.8. The van der Waals surface area contributed by atoms with Gasteiger partial charge in [-0.3, -0.25) is 4.79 Å². The Labute approximate surface area is 120 Å². The quantitative estimate of drug-likeness (QED) is 0.842. The van der Waals surface area contributed by atoms with Gasteiger partial charge in [-0.15, -0.1) is 0 Å². The van der Waals surface area contributed by atoms with Crippen molar-refractivity contribution in [3.05, 3.63) is 34.9 Å². The molecule has 4 heteroatoms. The lowest BCUT2D eigenvalue weighted by atomic mass is 9.84. The van der Waals surface area contributed by atoms with Gasteiger partial charge in [0.1, 0.15) is 0 Å². The standard InChI is InChI=1S/C15H22ClNO2/c1-15(2,3)13(9-14(18)19-4)17-10-11-5-7-12(16)8-6-11/h5-8,13,17H,9-10H2,1-4H3. The van der Waals surface area contributed by atoms with Crippen molar-refractivity contribution < 1.29 is 9.53 Å². The van der Waals surface area contributed by atoms with Gasteiger partial charge >= 0.3 is 5.97 Å². The number of nitrogens with one attached hydrogen (secondary N) is 1. The van der Waals surface area contributed by atoms with E-state index >= 15 is 0 Å². The number of carbonyl (C=O) groups is 1. The topological polar surface area (TPSA) is 38.3 Å². The van der Waals surface area contributed by atoms with Crippen molar-refractivity contribution in [2.24, 2.45) is 5.41 Å². The Morgan fingerprint density at radius 1 is 1.32 bits per heavy atom. The monoisotopic (exact) mass is 283 g/mol. The third-order valence-electron chi connectivity index (χ3n) is 3.11. The second-order valence-electron chi connectivity index (χ2n) is 5.71. The molecule has 0 spiro atoms. The number of rotatable bonds is 5. The molecule has 1 unspecified atom stereocenters. The maximum Gasteiger partial charge on any atom is 0.307 e. The Bertz CT molecular complexity index is 409. The highest BCUT2D eigenvalue weighted by atomic mass is 35.5. The molecule has 1 atom stereocenters. The molecule has 0 aromatic heterocycles. The molecule has 1 aromatic carbocycles. The van der Waals surface area contributed by atoms with Gasteiger partial charge < -0.3 is 10.1 Å². The lowest BCUT2D eigenvalue weighted by molar-refractivity contribution is -0.141. The maximum atomic E-state index is 11.4. The van der Waals surface area contributed by atoms with Gasteiger partial charge in [-0.2, -0.15) is 0 Å². The predicted octanol–water partition coefficient (Wildman–Crippen LogP) is 3.41. The molecule has 106 valence electrons. The molecule has 0 aliphatic rings. The van der Waals surface area contributed by atoms with Crippen LogP contribution in [-0.2, 0) is 16.1 Å². The zero-order chi connectivity index (χ0) is 14.5. The molecule has 0 bridgehead atoms. The van der Waals surface area contributed by atoms with Crippen molar-refractivity contribution in [2.75, 3.05) is 7.11 Å². The first-order valence-corrected chi connectivity index (χ1v) is 6.75. The highest BCUT2D eigenvalue weighted by molar-refractivity contribution is 6.30. The molecule has 0 saturated carbocycles. The van der Waals surface area contributed by atoms with Gasteiger partial charge in [0.2, 0.25) is 0 Å². The first-order chi connectivity index (χ1) is 8.82. The molecule has 3 nitrogen and oxygen atoms in total. The van der Waals surface area contributed by atoms with Crippen LogP contribution in [0.2, 0.25) is 5.02 Å². The molecule has 0 radical (unpaired) electrons. The molecule has 0 aliphatic heterocycles. The van der Waals surface area contributed by atoms with E-state index in [4.69, 9.17) is 16.3 Å². The molecule has 1 aromatic rings. The Hall–Kier alpha value is -1.06. The minimum atomic E-state index is -0.191. The molecule has 1 rings (SSSR count). The smallest absolute Gasteiger partial charge is 0.307 e. The summed E-state index contributed by atoms with van der Waals surface area (Å²) in [7, 11) is 1.42. The molecule has 0 fully saturated rings. The lowest BCUT2D eigenvalue weighted by Gasteiger charge is -2.31. The number of esters is 1. The predicted molar refractivity (Wildman–Crippen MR) is 78.2 cm³/mol. The average molecular weight is 284 g/mol. The van der Waals surface area contributed by atoms with Crippen molar-refractivity contribution in [2.45, 2.75) is 39.8 Å². The normalized spacial score (nSPS) is 13.1.